The van der Waals surface area contributed by atoms with Crippen LogP contribution < -0.4 is 10.7 Å². The van der Waals surface area contributed by atoms with Gasteiger partial charge in [0.2, 0.25) is 6.41 Å². The van der Waals surface area contributed by atoms with E-state index in [1.54, 1.807) is 28.7 Å². The molecule has 0 heterocycles. The van der Waals surface area contributed by atoms with Crippen molar-refractivity contribution in [3.8, 4) is 0 Å². The Morgan fingerprint density at radius 1 is 0.806 bits per heavy atom. The van der Waals surface area contributed by atoms with Gasteiger partial charge >= 0.3 is 0 Å². The molecule has 14 nitrogen and oxygen atoms in total. The van der Waals surface area contributed by atoms with Crippen molar-refractivity contribution >= 4 is 112 Å². The standard InChI is InChI=1S/C19H18I3N3O11/c20-13-1-14(21)16(19(32)25(23-6-26)12(4-35-9-29)5-36-10-30)17(22)15(13)18(31)24-11(2-33-7-27)3-34-8-28/h1,6-12H,2-5H2,(H,23,26)(H,24,31). The van der Waals surface area contributed by atoms with Crippen LogP contribution in [0.3, 0.4) is 0 Å². The molecule has 0 aromatic heterocycles. The van der Waals surface area contributed by atoms with Gasteiger partial charge in [-0.3, -0.25) is 39.0 Å². The molecular weight excluding hydrogens is 827 g/mol. The third-order valence-electron chi connectivity index (χ3n) is 4.17. The van der Waals surface area contributed by atoms with Crippen molar-refractivity contribution in [3.05, 3.63) is 27.9 Å². The molecule has 0 unspecified atom stereocenters. The Hall–Kier alpha value is -2.30. The summed E-state index contributed by atoms with van der Waals surface area (Å²) in [5, 5.41) is 3.38. The Kier molecular flexibility index (Phi) is 15.2. The SMILES string of the molecule is O=CNN(C(=O)c1c(I)cc(I)c(C(=O)NC(COC=O)COC=O)c1I)C(COC=O)COC=O. The zero-order chi connectivity index (χ0) is 27.1. The summed E-state index contributed by atoms with van der Waals surface area (Å²) in [5.41, 5.74) is 2.30. The summed E-state index contributed by atoms with van der Waals surface area (Å²) in [4.78, 5) is 80.2. The average molecular weight is 845 g/mol. The number of hydrazine groups is 1. The Labute approximate surface area is 244 Å². The molecule has 0 bridgehead atoms. The molecule has 0 saturated carbocycles. The van der Waals surface area contributed by atoms with Gasteiger partial charge in [0.1, 0.15) is 32.5 Å². The first-order valence-electron chi connectivity index (χ1n) is 9.49. The van der Waals surface area contributed by atoms with E-state index in [1.807, 2.05) is 45.2 Å². The van der Waals surface area contributed by atoms with Crippen LogP contribution in [0.4, 0.5) is 0 Å². The largest absolute Gasteiger partial charge is 0.466 e. The Morgan fingerprint density at radius 2 is 1.28 bits per heavy atom. The smallest absolute Gasteiger partial charge is 0.293 e. The summed E-state index contributed by atoms with van der Waals surface area (Å²) in [6.07, 6.45) is 0.206. The molecule has 2 N–H and O–H groups in total. The van der Waals surface area contributed by atoms with E-state index in [1.165, 1.54) is 0 Å². The van der Waals surface area contributed by atoms with E-state index in [0.717, 1.165) is 5.01 Å². The number of benzene rings is 1. The molecule has 1 aromatic carbocycles. The first-order chi connectivity index (χ1) is 17.3. The first kappa shape index (κ1) is 31.7. The quantitative estimate of drug-likeness (QED) is 0.0862. The van der Waals surface area contributed by atoms with Crippen molar-refractivity contribution in [2.24, 2.45) is 0 Å². The molecule has 0 atom stereocenters. The van der Waals surface area contributed by atoms with Crippen LogP contribution in [0.15, 0.2) is 6.07 Å². The van der Waals surface area contributed by atoms with Gasteiger partial charge in [0.15, 0.2) is 0 Å². The van der Waals surface area contributed by atoms with Gasteiger partial charge in [-0.15, -0.1) is 0 Å². The molecule has 0 spiro atoms. The average Bonchev–Trinajstić information content (AvgIpc) is 2.84. The monoisotopic (exact) mass is 845 g/mol. The maximum Gasteiger partial charge on any atom is 0.293 e. The fraction of sp³-hybridized carbons (Fsp3) is 0.316. The van der Waals surface area contributed by atoms with Crippen LogP contribution in [0.5, 0.6) is 0 Å². The third-order valence-corrected chi connectivity index (χ3v) is 6.95. The molecule has 0 aliphatic carbocycles. The van der Waals surface area contributed by atoms with E-state index in [-0.39, 0.29) is 60.2 Å². The third kappa shape index (κ3) is 9.29. The second-order valence-corrected chi connectivity index (χ2v) is 9.77. The van der Waals surface area contributed by atoms with Gasteiger partial charge in [-0.25, -0.2) is 5.01 Å². The van der Waals surface area contributed by atoms with Gasteiger partial charge in [0, 0.05) is 10.7 Å². The minimum absolute atomic E-state index is 0.0168. The molecule has 3 amide bonds. The fourth-order valence-corrected chi connectivity index (χ4v) is 7.02. The van der Waals surface area contributed by atoms with Crippen molar-refractivity contribution < 1.29 is 52.5 Å². The molecule has 1 aromatic rings. The van der Waals surface area contributed by atoms with E-state index in [9.17, 15) is 33.6 Å². The Morgan fingerprint density at radius 3 is 1.75 bits per heavy atom. The topological polar surface area (TPSA) is 184 Å². The zero-order valence-electron chi connectivity index (χ0n) is 18.0. The highest BCUT2D eigenvalue weighted by Gasteiger charge is 2.32. The van der Waals surface area contributed by atoms with Gasteiger partial charge in [0.05, 0.1) is 17.2 Å². The molecule has 0 fully saturated rings. The normalized spacial score (nSPS) is 10.1. The zero-order valence-corrected chi connectivity index (χ0v) is 24.5. The molecule has 0 aliphatic heterocycles. The number of amides is 3. The number of hydrogen-bond donors (Lipinski definition) is 2. The van der Waals surface area contributed by atoms with Gasteiger partial charge in [0.25, 0.3) is 37.7 Å². The molecule has 17 heteroatoms. The maximum absolute atomic E-state index is 13.5. The van der Waals surface area contributed by atoms with Crippen LogP contribution in [-0.4, -0.2) is 87.6 Å². The van der Waals surface area contributed by atoms with Gasteiger partial charge in [-0.05, 0) is 73.8 Å². The maximum atomic E-state index is 13.5. The molecule has 196 valence electrons. The Bertz CT molecular complexity index is 956. The lowest BCUT2D eigenvalue weighted by Crippen LogP contribution is -2.53. The van der Waals surface area contributed by atoms with Crippen LogP contribution in [0.2, 0.25) is 0 Å². The number of halogens is 3. The summed E-state index contributed by atoms with van der Waals surface area (Å²) in [6, 6.07) is -0.425. The number of nitrogens with zero attached hydrogens (tertiary/aromatic N) is 1. The van der Waals surface area contributed by atoms with Crippen LogP contribution in [0.1, 0.15) is 20.7 Å². The molecular formula is C19H18I3N3O11. The van der Waals surface area contributed by atoms with Crippen LogP contribution in [-0.2, 0) is 42.9 Å². The lowest BCUT2D eigenvalue weighted by Gasteiger charge is -2.30. The van der Waals surface area contributed by atoms with Crippen LogP contribution >= 0.6 is 67.8 Å². The number of carbonyl (C=O) groups excluding carboxylic acids is 7. The van der Waals surface area contributed by atoms with Crippen molar-refractivity contribution in [1.29, 1.82) is 0 Å². The first-order valence-corrected chi connectivity index (χ1v) is 12.7. The summed E-state index contributed by atoms with van der Waals surface area (Å²) < 4.78 is 19.7. The second kappa shape index (κ2) is 17.2. The predicted octanol–water partition coefficient (Wildman–Crippen LogP) is -0.237. The fourth-order valence-electron chi connectivity index (χ4n) is 2.70. The predicted molar refractivity (Wildman–Crippen MR) is 143 cm³/mol. The van der Waals surface area contributed by atoms with Crippen molar-refractivity contribution in [2.45, 2.75) is 12.1 Å². The Balaban J connectivity index is 3.44. The highest BCUT2D eigenvalue weighted by atomic mass is 127. The van der Waals surface area contributed by atoms with Crippen molar-refractivity contribution in [3.63, 3.8) is 0 Å². The van der Waals surface area contributed by atoms with Gasteiger partial charge < -0.3 is 24.3 Å². The highest BCUT2D eigenvalue weighted by molar-refractivity contribution is 14.1. The van der Waals surface area contributed by atoms with Gasteiger partial charge in [-0.1, -0.05) is 0 Å². The summed E-state index contributed by atoms with van der Waals surface area (Å²) in [7, 11) is 0. The van der Waals surface area contributed by atoms with Crippen LogP contribution in [0.25, 0.3) is 0 Å². The lowest BCUT2D eigenvalue weighted by atomic mass is 10.1. The van der Waals surface area contributed by atoms with Crippen molar-refractivity contribution in [1.82, 2.24) is 15.8 Å². The number of ether oxygens (including phenoxy) is 4. The molecule has 0 aliphatic rings. The summed E-state index contributed by atoms with van der Waals surface area (Å²) in [5.74, 6) is -1.45. The number of rotatable bonds is 18. The van der Waals surface area contributed by atoms with Crippen molar-refractivity contribution in [2.75, 3.05) is 26.4 Å². The minimum atomic E-state index is -1.09. The van der Waals surface area contributed by atoms with E-state index in [0.29, 0.717) is 7.14 Å². The molecule has 1 rings (SSSR count). The van der Waals surface area contributed by atoms with E-state index in [2.05, 4.69) is 29.7 Å². The minimum Gasteiger partial charge on any atom is -0.466 e. The number of nitrogens with one attached hydrogen (secondary N) is 2. The molecule has 0 radical (unpaired) electrons. The molecule has 0 saturated heterocycles. The highest BCUT2D eigenvalue weighted by Crippen LogP contribution is 2.29. The van der Waals surface area contributed by atoms with E-state index < -0.39 is 37.1 Å². The van der Waals surface area contributed by atoms with E-state index in [4.69, 9.17) is 0 Å². The van der Waals surface area contributed by atoms with E-state index >= 15 is 0 Å². The van der Waals surface area contributed by atoms with Gasteiger partial charge in [-0.2, -0.15) is 0 Å². The van der Waals surface area contributed by atoms with Crippen LogP contribution in [0, 0.1) is 10.7 Å². The number of hydrogen-bond acceptors (Lipinski definition) is 11. The lowest BCUT2D eigenvalue weighted by molar-refractivity contribution is -0.135. The second-order valence-electron chi connectivity index (χ2n) is 6.37. The number of carbonyl (C=O) groups is 7. The molecule has 36 heavy (non-hydrogen) atoms. The summed E-state index contributed by atoms with van der Waals surface area (Å²) in [6.45, 7) is -0.800. The summed E-state index contributed by atoms with van der Waals surface area (Å²) >= 11 is 5.56.